The Bertz CT molecular complexity index is 247. The van der Waals surface area contributed by atoms with Crippen molar-refractivity contribution in [3.05, 3.63) is 0 Å². The van der Waals surface area contributed by atoms with E-state index < -0.39 is 10.7 Å². The molecule has 1 heterocycles. The maximum atomic E-state index is 10.7. The largest absolute Gasteiger partial charge is 0.313 e. The third kappa shape index (κ3) is 3.73. The predicted molar refractivity (Wildman–Crippen MR) is 54.1 cm³/mol. The highest BCUT2D eigenvalue weighted by Gasteiger charge is 2.20. The molecule has 0 bridgehead atoms. The van der Waals surface area contributed by atoms with Crippen LogP contribution in [0.1, 0.15) is 6.42 Å². The molecule has 1 N–H and O–H groups in total. The topological polar surface area (TPSA) is 66.5 Å². The van der Waals surface area contributed by atoms with Gasteiger partial charge in [0.2, 0.25) is 0 Å². The van der Waals surface area contributed by atoms with Gasteiger partial charge in [-0.2, -0.15) is 0 Å². The third-order valence-electron chi connectivity index (χ3n) is 2.34. The third-order valence-corrected chi connectivity index (χ3v) is 3.02. The van der Waals surface area contributed by atoms with E-state index >= 15 is 0 Å². The molecule has 0 aliphatic carbocycles. The van der Waals surface area contributed by atoms with Crippen LogP contribution in [0.15, 0.2) is 0 Å². The smallest absolute Gasteiger partial charge is 0.140 e. The van der Waals surface area contributed by atoms with E-state index in [1.54, 1.807) is 0 Å². The fourth-order valence-electron chi connectivity index (χ4n) is 1.58. The molecule has 1 aliphatic rings. The summed E-state index contributed by atoms with van der Waals surface area (Å²) < 4.78 is 20.7. The van der Waals surface area contributed by atoms with Crippen molar-refractivity contribution >= 4 is 17.0 Å². The lowest BCUT2D eigenvalue weighted by atomic mass is 10.2. The van der Waals surface area contributed by atoms with Crippen molar-refractivity contribution in [1.82, 2.24) is 10.2 Å². The number of nitrogens with one attached hydrogen (secondary N) is 1. The molecule has 6 heteroatoms. The first kappa shape index (κ1) is 11.6. The Balaban J connectivity index is 2.29. The highest BCUT2D eigenvalue weighted by atomic mass is 32.2. The molecular formula is C8H16N2O3S. The number of piperazine rings is 1. The Morgan fingerprint density at radius 1 is 1.50 bits per heavy atom. The standard InChI is InChI=1S/C8H16N2O3S/c11-7-8-6-9-2-4-10(8)3-1-5-14(12)13/h7-9,14H,1-6H2. The van der Waals surface area contributed by atoms with Crippen molar-refractivity contribution in [2.24, 2.45) is 0 Å². The van der Waals surface area contributed by atoms with Gasteiger partial charge >= 0.3 is 0 Å². The van der Waals surface area contributed by atoms with E-state index in [1.165, 1.54) is 0 Å². The van der Waals surface area contributed by atoms with E-state index in [0.29, 0.717) is 19.5 Å². The normalized spacial score (nSPS) is 23.9. The summed E-state index contributed by atoms with van der Waals surface area (Å²) in [6, 6.07) is -0.0896. The van der Waals surface area contributed by atoms with Gasteiger partial charge in [0.25, 0.3) is 0 Å². The van der Waals surface area contributed by atoms with Gasteiger partial charge in [-0.1, -0.05) is 0 Å². The summed E-state index contributed by atoms with van der Waals surface area (Å²) >= 11 is 0. The highest BCUT2D eigenvalue weighted by molar-refractivity contribution is 7.72. The number of hydrogen-bond donors (Lipinski definition) is 2. The van der Waals surface area contributed by atoms with Crippen LogP contribution in [0.25, 0.3) is 0 Å². The molecule has 1 atom stereocenters. The van der Waals surface area contributed by atoms with Crippen LogP contribution in [-0.4, -0.2) is 57.6 Å². The van der Waals surface area contributed by atoms with E-state index in [4.69, 9.17) is 0 Å². The first-order valence-electron chi connectivity index (χ1n) is 4.76. The van der Waals surface area contributed by atoms with Crippen LogP contribution in [0.4, 0.5) is 0 Å². The number of hydrogen-bond acceptors (Lipinski definition) is 5. The lowest BCUT2D eigenvalue weighted by Gasteiger charge is -2.32. The first-order valence-corrected chi connectivity index (χ1v) is 6.12. The summed E-state index contributed by atoms with van der Waals surface area (Å²) in [4.78, 5) is 12.7. The van der Waals surface area contributed by atoms with E-state index in [0.717, 1.165) is 19.4 Å². The van der Waals surface area contributed by atoms with Crippen LogP contribution < -0.4 is 5.32 Å². The minimum Gasteiger partial charge on any atom is -0.313 e. The molecular weight excluding hydrogens is 204 g/mol. The molecule has 0 aromatic carbocycles. The minimum absolute atomic E-state index is 0.0896. The number of thiol groups is 1. The molecule has 1 unspecified atom stereocenters. The molecule has 0 amide bonds. The molecule has 0 radical (unpaired) electrons. The minimum atomic E-state index is -2.28. The molecule has 0 saturated carbocycles. The van der Waals surface area contributed by atoms with Crippen molar-refractivity contribution in [1.29, 1.82) is 0 Å². The van der Waals surface area contributed by atoms with Gasteiger partial charge in [-0.15, -0.1) is 0 Å². The molecule has 1 aliphatic heterocycles. The number of nitrogens with zero attached hydrogens (tertiary/aromatic N) is 1. The second-order valence-electron chi connectivity index (χ2n) is 3.35. The Kier molecular flexibility index (Phi) is 5.06. The van der Waals surface area contributed by atoms with Gasteiger partial charge in [0.15, 0.2) is 0 Å². The Morgan fingerprint density at radius 2 is 2.29 bits per heavy atom. The predicted octanol–water partition coefficient (Wildman–Crippen LogP) is -1.54. The zero-order valence-corrected chi connectivity index (χ0v) is 8.91. The zero-order chi connectivity index (χ0) is 10.4. The van der Waals surface area contributed by atoms with Crippen LogP contribution in [-0.2, 0) is 15.5 Å². The summed E-state index contributed by atoms with van der Waals surface area (Å²) in [6.07, 6.45) is 1.53. The molecule has 5 nitrogen and oxygen atoms in total. The van der Waals surface area contributed by atoms with E-state index in [2.05, 4.69) is 5.32 Å². The van der Waals surface area contributed by atoms with Crippen molar-refractivity contribution in [2.75, 3.05) is 31.9 Å². The van der Waals surface area contributed by atoms with Gasteiger partial charge in [-0.05, 0) is 13.0 Å². The van der Waals surface area contributed by atoms with Crippen LogP contribution >= 0.6 is 0 Å². The van der Waals surface area contributed by atoms with E-state index in [9.17, 15) is 13.2 Å². The van der Waals surface area contributed by atoms with Crippen molar-refractivity contribution in [3.63, 3.8) is 0 Å². The van der Waals surface area contributed by atoms with Gasteiger partial charge in [0.1, 0.15) is 17.0 Å². The molecule has 1 fully saturated rings. The van der Waals surface area contributed by atoms with Crippen molar-refractivity contribution in [2.45, 2.75) is 12.5 Å². The molecule has 14 heavy (non-hydrogen) atoms. The van der Waals surface area contributed by atoms with Crippen LogP contribution in [0.3, 0.4) is 0 Å². The second-order valence-corrected chi connectivity index (χ2v) is 4.47. The Hall–Kier alpha value is -0.460. The van der Waals surface area contributed by atoms with Crippen LogP contribution in [0.5, 0.6) is 0 Å². The summed E-state index contributed by atoms with van der Waals surface area (Å²) in [5, 5.41) is 3.12. The molecule has 1 rings (SSSR count). The fourth-order valence-corrected chi connectivity index (χ4v) is 1.98. The van der Waals surface area contributed by atoms with Gasteiger partial charge in [0.05, 0.1) is 6.04 Å². The van der Waals surface area contributed by atoms with Crippen LogP contribution in [0, 0.1) is 0 Å². The number of aldehydes is 1. The lowest BCUT2D eigenvalue weighted by Crippen LogP contribution is -2.52. The number of rotatable bonds is 5. The van der Waals surface area contributed by atoms with E-state index in [1.807, 2.05) is 4.90 Å². The Labute approximate surface area is 85.4 Å². The second kappa shape index (κ2) is 6.10. The maximum Gasteiger partial charge on any atom is 0.140 e. The molecule has 0 aromatic rings. The number of carbonyl (C=O) groups is 1. The zero-order valence-electron chi connectivity index (χ0n) is 8.02. The molecule has 82 valence electrons. The van der Waals surface area contributed by atoms with Gasteiger partial charge in [-0.3, -0.25) is 4.90 Å². The average molecular weight is 220 g/mol. The summed E-state index contributed by atoms with van der Waals surface area (Å²) in [6.45, 7) is 3.05. The fraction of sp³-hybridized carbons (Fsp3) is 0.875. The first-order chi connectivity index (χ1) is 6.74. The SMILES string of the molecule is O=CC1CNCCN1CCC[SH](=O)=O. The summed E-state index contributed by atoms with van der Waals surface area (Å²) in [5.74, 6) is 0.213. The molecule has 0 spiro atoms. The monoisotopic (exact) mass is 220 g/mol. The average Bonchev–Trinajstić information content (AvgIpc) is 2.18. The highest BCUT2D eigenvalue weighted by Crippen LogP contribution is 2.01. The van der Waals surface area contributed by atoms with Crippen molar-refractivity contribution in [3.8, 4) is 0 Å². The van der Waals surface area contributed by atoms with Gasteiger partial charge in [-0.25, -0.2) is 8.42 Å². The van der Waals surface area contributed by atoms with Gasteiger partial charge in [0, 0.05) is 25.4 Å². The summed E-state index contributed by atoms with van der Waals surface area (Å²) in [7, 11) is -2.28. The lowest BCUT2D eigenvalue weighted by molar-refractivity contribution is -0.112. The quantitative estimate of drug-likeness (QED) is 0.434. The van der Waals surface area contributed by atoms with E-state index in [-0.39, 0.29) is 11.8 Å². The van der Waals surface area contributed by atoms with Crippen LogP contribution in [0.2, 0.25) is 0 Å². The number of carbonyl (C=O) groups excluding carboxylic acids is 1. The molecule has 0 aromatic heterocycles. The maximum absolute atomic E-state index is 10.7. The van der Waals surface area contributed by atoms with Crippen molar-refractivity contribution < 1.29 is 13.2 Å². The van der Waals surface area contributed by atoms with Gasteiger partial charge < -0.3 is 10.1 Å². The summed E-state index contributed by atoms with van der Waals surface area (Å²) in [5.41, 5.74) is 0. The Morgan fingerprint density at radius 3 is 2.93 bits per heavy atom. The molecule has 1 saturated heterocycles.